The summed E-state index contributed by atoms with van der Waals surface area (Å²) in [4.78, 5) is 28.1. The number of benzene rings is 3. The van der Waals surface area contributed by atoms with Gasteiger partial charge in [-0.05, 0) is 54.8 Å². The molecule has 3 aromatic rings. The number of likely N-dealkylation sites (N-methyl/N-ethyl adjacent to an activating group) is 1. The summed E-state index contributed by atoms with van der Waals surface area (Å²) in [6.07, 6.45) is 0.376. The van der Waals surface area contributed by atoms with E-state index in [1.165, 1.54) is 24.3 Å². The molecule has 0 aliphatic rings. The van der Waals surface area contributed by atoms with Gasteiger partial charge in [0.2, 0.25) is 5.91 Å². The highest BCUT2D eigenvalue weighted by molar-refractivity contribution is 5.88. The van der Waals surface area contributed by atoms with Crippen molar-refractivity contribution in [3.8, 4) is 5.75 Å². The minimum Gasteiger partial charge on any atom is -0.484 e. The second kappa shape index (κ2) is 11.8. The van der Waals surface area contributed by atoms with Crippen LogP contribution in [0.2, 0.25) is 0 Å². The third kappa shape index (κ3) is 6.91. The van der Waals surface area contributed by atoms with Crippen molar-refractivity contribution >= 4 is 11.8 Å². The second-order valence-electron chi connectivity index (χ2n) is 7.79. The molecule has 2 amide bonds. The number of nitrogens with zero attached hydrogens (tertiary/aromatic N) is 1. The van der Waals surface area contributed by atoms with Gasteiger partial charge in [-0.1, -0.05) is 54.6 Å². The molecule has 0 aliphatic carbocycles. The molecule has 3 aromatic carbocycles. The molecule has 0 bridgehead atoms. The van der Waals surface area contributed by atoms with E-state index in [0.717, 1.165) is 16.7 Å². The van der Waals surface area contributed by atoms with Crippen molar-refractivity contribution in [1.29, 1.82) is 0 Å². The average molecular weight is 449 g/mol. The lowest BCUT2D eigenvalue weighted by Gasteiger charge is -2.31. The van der Waals surface area contributed by atoms with Crippen LogP contribution in [0.3, 0.4) is 0 Å². The largest absolute Gasteiger partial charge is 0.484 e. The molecule has 0 aliphatic heterocycles. The third-order valence-electron chi connectivity index (χ3n) is 5.40. The monoisotopic (exact) mass is 448 g/mol. The molecule has 0 spiro atoms. The van der Waals surface area contributed by atoms with Crippen molar-refractivity contribution in [2.45, 2.75) is 32.9 Å². The van der Waals surface area contributed by atoms with Crippen molar-refractivity contribution in [2.24, 2.45) is 0 Å². The smallest absolute Gasteiger partial charge is 0.261 e. The number of hydrogen-bond donors (Lipinski definition) is 1. The highest BCUT2D eigenvalue weighted by atomic mass is 19.1. The summed E-state index contributed by atoms with van der Waals surface area (Å²) in [7, 11) is 0. The van der Waals surface area contributed by atoms with Crippen LogP contribution in [-0.4, -0.2) is 35.9 Å². The van der Waals surface area contributed by atoms with Crippen molar-refractivity contribution in [3.05, 3.63) is 101 Å². The lowest BCUT2D eigenvalue weighted by molar-refractivity contribution is -0.142. The normalized spacial score (nSPS) is 11.5. The molecule has 0 heterocycles. The predicted octanol–water partition coefficient (Wildman–Crippen LogP) is 4.29. The number of carbonyl (C=O) groups is 2. The van der Waals surface area contributed by atoms with E-state index in [9.17, 15) is 14.0 Å². The number of hydrogen-bond acceptors (Lipinski definition) is 3. The first-order valence-electron chi connectivity index (χ1n) is 11.0. The van der Waals surface area contributed by atoms with Gasteiger partial charge in [-0.25, -0.2) is 4.39 Å². The van der Waals surface area contributed by atoms with Crippen LogP contribution in [0.4, 0.5) is 4.39 Å². The topological polar surface area (TPSA) is 58.6 Å². The Morgan fingerprint density at radius 1 is 0.970 bits per heavy atom. The molecule has 172 valence electrons. The molecule has 0 fully saturated rings. The SMILES string of the molecule is CCNC(=O)C(Cc1ccccc1)N(Cc1ccccc1C)C(=O)COc1ccc(F)cc1. The quantitative estimate of drug-likeness (QED) is 0.503. The number of aryl methyl sites for hydroxylation is 1. The van der Waals surface area contributed by atoms with Crippen LogP contribution in [0.5, 0.6) is 5.75 Å². The number of nitrogens with one attached hydrogen (secondary N) is 1. The van der Waals surface area contributed by atoms with Crippen molar-refractivity contribution in [2.75, 3.05) is 13.2 Å². The van der Waals surface area contributed by atoms with Crippen LogP contribution >= 0.6 is 0 Å². The van der Waals surface area contributed by atoms with Crippen molar-refractivity contribution in [3.63, 3.8) is 0 Å². The van der Waals surface area contributed by atoms with E-state index >= 15 is 0 Å². The molecular formula is C27H29FN2O3. The van der Waals surface area contributed by atoms with Gasteiger partial charge in [0.1, 0.15) is 17.6 Å². The number of halogens is 1. The van der Waals surface area contributed by atoms with Gasteiger partial charge < -0.3 is 15.0 Å². The second-order valence-corrected chi connectivity index (χ2v) is 7.79. The summed E-state index contributed by atoms with van der Waals surface area (Å²) < 4.78 is 18.8. The van der Waals surface area contributed by atoms with Gasteiger partial charge in [-0.3, -0.25) is 9.59 Å². The molecule has 0 aromatic heterocycles. The minimum absolute atomic E-state index is 0.218. The van der Waals surface area contributed by atoms with E-state index in [1.54, 1.807) is 4.90 Å². The molecular weight excluding hydrogens is 419 g/mol. The highest BCUT2D eigenvalue weighted by Gasteiger charge is 2.30. The van der Waals surface area contributed by atoms with E-state index in [4.69, 9.17) is 4.74 Å². The molecule has 1 unspecified atom stereocenters. The van der Waals surface area contributed by atoms with Crippen LogP contribution in [0.25, 0.3) is 0 Å². The Balaban J connectivity index is 1.89. The van der Waals surface area contributed by atoms with Gasteiger partial charge in [0.05, 0.1) is 0 Å². The van der Waals surface area contributed by atoms with E-state index in [2.05, 4.69) is 5.32 Å². The lowest BCUT2D eigenvalue weighted by atomic mass is 10.0. The Kier molecular flexibility index (Phi) is 8.58. The highest BCUT2D eigenvalue weighted by Crippen LogP contribution is 2.18. The molecule has 5 nitrogen and oxygen atoms in total. The Morgan fingerprint density at radius 2 is 1.64 bits per heavy atom. The zero-order valence-electron chi connectivity index (χ0n) is 19.0. The Hall–Kier alpha value is -3.67. The van der Waals surface area contributed by atoms with E-state index in [0.29, 0.717) is 18.7 Å². The first kappa shape index (κ1) is 24.0. The van der Waals surface area contributed by atoms with Crippen LogP contribution in [0.1, 0.15) is 23.6 Å². The molecule has 1 atom stereocenters. The maximum absolute atomic E-state index is 13.4. The number of ether oxygens (including phenoxy) is 1. The fraction of sp³-hybridized carbons (Fsp3) is 0.259. The Bertz CT molecular complexity index is 1050. The van der Waals surface area contributed by atoms with Gasteiger partial charge in [-0.2, -0.15) is 0 Å². The molecule has 0 radical (unpaired) electrons. The van der Waals surface area contributed by atoms with E-state index in [-0.39, 0.29) is 30.8 Å². The molecule has 6 heteroatoms. The van der Waals surface area contributed by atoms with Crippen molar-refractivity contribution in [1.82, 2.24) is 10.2 Å². The maximum Gasteiger partial charge on any atom is 0.261 e. The minimum atomic E-state index is -0.712. The molecule has 3 rings (SSSR count). The predicted molar refractivity (Wildman–Crippen MR) is 126 cm³/mol. The lowest BCUT2D eigenvalue weighted by Crippen LogP contribution is -2.51. The Labute approximate surface area is 194 Å². The van der Waals surface area contributed by atoms with Gasteiger partial charge in [0.15, 0.2) is 6.61 Å². The summed E-state index contributed by atoms with van der Waals surface area (Å²) in [6, 6.07) is 22.2. The number of amides is 2. The van der Waals surface area contributed by atoms with Crippen LogP contribution < -0.4 is 10.1 Å². The summed E-state index contributed by atoms with van der Waals surface area (Å²) in [5.41, 5.74) is 2.94. The maximum atomic E-state index is 13.4. The van der Waals surface area contributed by atoms with E-state index < -0.39 is 6.04 Å². The fourth-order valence-electron chi connectivity index (χ4n) is 3.58. The number of carbonyl (C=O) groups excluding carboxylic acids is 2. The zero-order valence-corrected chi connectivity index (χ0v) is 19.0. The van der Waals surface area contributed by atoms with Crippen LogP contribution in [0, 0.1) is 12.7 Å². The Morgan fingerprint density at radius 3 is 2.30 bits per heavy atom. The molecule has 0 saturated heterocycles. The first-order chi connectivity index (χ1) is 16.0. The summed E-state index contributed by atoms with van der Waals surface area (Å²) in [6.45, 7) is 4.30. The van der Waals surface area contributed by atoms with E-state index in [1.807, 2.05) is 68.4 Å². The summed E-state index contributed by atoms with van der Waals surface area (Å²) in [5.74, 6) is -0.535. The first-order valence-corrected chi connectivity index (χ1v) is 11.0. The van der Waals surface area contributed by atoms with Crippen molar-refractivity contribution < 1.29 is 18.7 Å². The van der Waals surface area contributed by atoms with Gasteiger partial charge in [0.25, 0.3) is 5.91 Å². The number of rotatable bonds is 10. The zero-order chi connectivity index (χ0) is 23.6. The summed E-state index contributed by atoms with van der Waals surface area (Å²) in [5, 5.41) is 2.87. The molecule has 1 N–H and O–H groups in total. The van der Waals surface area contributed by atoms with Gasteiger partial charge >= 0.3 is 0 Å². The fourth-order valence-corrected chi connectivity index (χ4v) is 3.58. The average Bonchev–Trinajstić information content (AvgIpc) is 2.82. The van der Waals surface area contributed by atoms with Crippen LogP contribution in [0.15, 0.2) is 78.9 Å². The van der Waals surface area contributed by atoms with Gasteiger partial charge in [0, 0.05) is 19.5 Å². The van der Waals surface area contributed by atoms with Gasteiger partial charge in [-0.15, -0.1) is 0 Å². The summed E-state index contributed by atoms with van der Waals surface area (Å²) >= 11 is 0. The standard InChI is InChI=1S/C27H29FN2O3/c1-3-29-27(32)25(17-21-10-5-4-6-11-21)30(18-22-12-8-7-9-20(22)2)26(31)19-33-24-15-13-23(28)14-16-24/h4-16,25H,3,17-19H2,1-2H3,(H,29,32). The molecule has 33 heavy (non-hydrogen) atoms. The molecule has 0 saturated carbocycles. The van der Waals surface area contributed by atoms with Crippen LogP contribution in [-0.2, 0) is 22.6 Å². The third-order valence-corrected chi connectivity index (χ3v) is 5.40.